The predicted molar refractivity (Wildman–Crippen MR) is 80.8 cm³/mol. The molecule has 0 atom stereocenters. The topological polar surface area (TPSA) is 43.9 Å². The van der Waals surface area contributed by atoms with Crippen LogP contribution in [-0.4, -0.2) is 73.1 Å². The molecular formula is C12H24BrN3O2S. The van der Waals surface area contributed by atoms with Crippen molar-refractivity contribution in [2.75, 3.05) is 51.1 Å². The van der Waals surface area contributed by atoms with Gasteiger partial charge < -0.3 is 4.90 Å². The highest BCUT2D eigenvalue weighted by Gasteiger charge is 2.31. The minimum atomic E-state index is -3.22. The molecule has 5 nitrogen and oxygen atoms in total. The van der Waals surface area contributed by atoms with Crippen LogP contribution in [0.2, 0.25) is 0 Å². The maximum Gasteiger partial charge on any atom is 0.282 e. The van der Waals surface area contributed by atoms with Gasteiger partial charge in [0.25, 0.3) is 10.2 Å². The molecule has 0 radical (unpaired) electrons. The standard InChI is InChI=1S/C12H24BrN3O2S/c13-5-10-14-6-4-9-16(12-11-14)19(17,18)15-7-2-1-3-8-15/h1-12H2. The molecule has 0 amide bonds. The lowest BCUT2D eigenvalue weighted by atomic mass is 10.2. The first-order valence-electron chi connectivity index (χ1n) is 7.18. The number of halogens is 1. The molecule has 0 N–H and O–H groups in total. The van der Waals surface area contributed by atoms with E-state index >= 15 is 0 Å². The fourth-order valence-corrected chi connectivity index (χ4v) is 5.00. The second kappa shape index (κ2) is 7.36. The third-order valence-corrected chi connectivity index (χ3v) is 6.31. The molecular weight excluding hydrogens is 330 g/mol. The Bertz CT molecular complexity index is 371. The predicted octanol–water partition coefficient (Wildman–Crippen LogP) is 1.12. The molecule has 2 aliphatic heterocycles. The van der Waals surface area contributed by atoms with E-state index in [0.717, 1.165) is 50.6 Å². The summed E-state index contributed by atoms with van der Waals surface area (Å²) in [7, 11) is -3.22. The van der Waals surface area contributed by atoms with E-state index in [0.29, 0.717) is 26.2 Å². The lowest BCUT2D eigenvalue weighted by Gasteiger charge is -2.31. The van der Waals surface area contributed by atoms with Crippen LogP contribution >= 0.6 is 15.9 Å². The fourth-order valence-electron chi connectivity index (χ4n) is 2.78. The third kappa shape index (κ3) is 4.14. The number of rotatable bonds is 4. The summed E-state index contributed by atoms with van der Waals surface area (Å²) in [5.74, 6) is 0. The van der Waals surface area contributed by atoms with Gasteiger partial charge in [-0.2, -0.15) is 17.0 Å². The lowest BCUT2D eigenvalue weighted by Crippen LogP contribution is -2.47. The van der Waals surface area contributed by atoms with Crippen LogP contribution in [0.4, 0.5) is 0 Å². The number of nitrogens with zero attached hydrogens (tertiary/aromatic N) is 3. The Morgan fingerprint density at radius 2 is 1.42 bits per heavy atom. The van der Waals surface area contributed by atoms with Gasteiger partial charge in [-0.1, -0.05) is 22.4 Å². The van der Waals surface area contributed by atoms with Crippen LogP contribution in [0.5, 0.6) is 0 Å². The molecule has 2 saturated heterocycles. The molecule has 0 aromatic rings. The molecule has 2 rings (SSSR count). The SMILES string of the molecule is O=S(=O)(N1CCCCC1)N1CCCN(CCBr)CC1. The van der Waals surface area contributed by atoms with Gasteiger partial charge in [-0.05, 0) is 25.8 Å². The average Bonchev–Trinajstić information content (AvgIpc) is 2.66. The van der Waals surface area contributed by atoms with E-state index < -0.39 is 10.2 Å². The summed E-state index contributed by atoms with van der Waals surface area (Å²) in [5.41, 5.74) is 0. The van der Waals surface area contributed by atoms with E-state index in [-0.39, 0.29) is 0 Å². The van der Waals surface area contributed by atoms with Gasteiger partial charge in [-0.25, -0.2) is 0 Å². The molecule has 2 aliphatic rings. The summed E-state index contributed by atoms with van der Waals surface area (Å²) in [6.45, 7) is 5.53. The molecule has 112 valence electrons. The van der Waals surface area contributed by atoms with Crippen molar-refractivity contribution in [3.05, 3.63) is 0 Å². The minimum Gasteiger partial charge on any atom is -0.301 e. The normalized spacial score (nSPS) is 25.3. The van der Waals surface area contributed by atoms with E-state index in [4.69, 9.17) is 0 Å². The Hall–Kier alpha value is 0.310. The van der Waals surface area contributed by atoms with E-state index in [1.807, 2.05) is 0 Å². The first-order chi connectivity index (χ1) is 9.14. The zero-order valence-corrected chi connectivity index (χ0v) is 13.8. The highest BCUT2D eigenvalue weighted by Crippen LogP contribution is 2.18. The van der Waals surface area contributed by atoms with Crippen LogP contribution in [0.3, 0.4) is 0 Å². The van der Waals surface area contributed by atoms with E-state index in [9.17, 15) is 8.42 Å². The number of alkyl halides is 1. The Balaban J connectivity index is 1.96. The van der Waals surface area contributed by atoms with E-state index in [2.05, 4.69) is 20.8 Å². The zero-order valence-electron chi connectivity index (χ0n) is 11.4. The molecule has 0 bridgehead atoms. The zero-order chi connectivity index (χ0) is 13.7. The van der Waals surface area contributed by atoms with Crippen molar-refractivity contribution in [2.24, 2.45) is 0 Å². The van der Waals surface area contributed by atoms with Crippen molar-refractivity contribution in [3.63, 3.8) is 0 Å². The molecule has 0 aromatic carbocycles. The molecule has 0 saturated carbocycles. The van der Waals surface area contributed by atoms with Gasteiger partial charge in [0, 0.05) is 44.6 Å². The summed E-state index contributed by atoms with van der Waals surface area (Å²) >= 11 is 3.45. The van der Waals surface area contributed by atoms with Crippen molar-refractivity contribution < 1.29 is 8.42 Å². The van der Waals surface area contributed by atoms with Gasteiger partial charge in [0.2, 0.25) is 0 Å². The van der Waals surface area contributed by atoms with Crippen molar-refractivity contribution in [2.45, 2.75) is 25.7 Å². The van der Waals surface area contributed by atoms with Crippen molar-refractivity contribution in [1.82, 2.24) is 13.5 Å². The molecule has 2 fully saturated rings. The van der Waals surface area contributed by atoms with Gasteiger partial charge >= 0.3 is 0 Å². The number of hydrogen-bond donors (Lipinski definition) is 0. The van der Waals surface area contributed by atoms with Crippen LogP contribution in [0, 0.1) is 0 Å². The highest BCUT2D eigenvalue weighted by molar-refractivity contribution is 9.09. The van der Waals surface area contributed by atoms with Crippen LogP contribution in [0.25, 0.3) is 0 Å². The molecule has 0 aromatic heterocycles. The van der Waals surface area contributed by atoms with E-state index in [1.165, 1.54) is 0 Å². The largest absolute Gasteiger partial charge is 0.301 e. The van der Waals surface area contributed by atoms with E-state index in [1.54, 1.807) is 8.61 Å². The van der Waals surface area contributed by atoms with Crippen molar-refractivity contribution in [3.8, 4) is 0 Å². The number of piperidine rings is 1. The van der Waals surface area contributed by atoms with Gasteiger partial charge in [-0.15, -0.1) is 0 Å². The van der Waals surface area contributed by atoms with Gasteiger partial charge in [0.15, 0.2) is 0 Å². The van der Waals surface area contributed by atoms with Crippen LogP contribution in [-0.2, 0) is 10.2 Å². The van der Waals surface area contributed by atoms with Crippen molar-refractivity contribution in [1.29, 1.82) is 0 Å². The number of hydrogen-bond acceptors (Lipinski definition) is 3. The third-order valence-electron chi connectivity index (χ3n) is 3.92. The van der Waals surface area contributed by atoms with Gasteiger partial charge in [0.05, 0.1) is 0 Å². The average molecular weight is 354 g/mol. The Kier molecular flexibility index (Phi) is 6.08. The summed E-state index contributed by atoms with van der Waals surface area (Å²) in [6, 6.07) is 0. The van der Waals surface area contributed by atoms with Gasteiger partial charge in [-0.3, -0.25) is 0 Å². The Morgan fingerprint density at radius 1 is 0.789 bits per heavy atom. The molecule has 19 heavy (non-hydrogen) atoms. The molecule has 2 heterocycles. The smallest absolute Gasteiger partial charge is 0.282 e. The molecule has 7 heteroatoms. The molecule has 0 unspecified atom stereocenters. The lowest BCUT2D eigenvalue weighted by molar-refractivity contribution is 0.289. The fraction of sp³-hybridized carbons (Fsp3) is 1.00. The maximum atomic E-state index is 12.6. The van der Waals surface area contributed by atoms with Crippen LogP contribution < -0.4 is 0 Å². The van der Waals surface area contributed by atoms with Crippen molar-refractivity contribution >= 4 is 26.1 Å². The minimum absolute atomic E-state index is 0.631. The first-order valence-corrected chi connectivity index (χ1v) is 9.70. The van der Waals surface area contributed by atoms with Crippen LogP contribution in [0.15, 0.2) is 0 Å². The first kappa shape index (κ1) is 15.7. The summed E-state index contributed by atoms with van der Waals surface area (Å²) in [6.07, 6.45) is 4.09. The Morgan fingerprint density at radius 3 is 2.11 bits per heavy atom. The van der Waals surface area contributed by atoms with Gasteiger partial charge in [0.1, 0.15) is 0 Å². The quantitative estimate of drug-likeness (QED) is 0.711. The van der Waals surface area contributed by atoms with Crippen LogP contribution in [0.1, 0.15) is 25.7 Å². The summed E-state index contributed by atoms with van der Waals surface area (Å²) in [4.78, 5) is 2.33. The maximum absolute atomic E-state index is 12.6. The summed E-state index contributed by atoms with van der Waals surface area (Å²) < 4.78 is 28.5. The Labute approximate surface area is 125 Å². The monoisotopic (exact) mass is 353 g/mol. The summed E-state index contributed by atoms with van der Waals surface area (Å²) in [5, 5.41) is 0.950. The molecule has 0 spiro atoms. The second-order valence-corrected chi connectivity index (χ2v) is 7.97. The molecule has 0 aliphatic carbocycles. The second-order valence-electron chi connectivity index (χ2n) is 5.25. The highest BCUT2D eigenvalue weighted by atomic mass is 79.9.